The van der Waals surface area contributed by atoms with Crippen LogP contribution in [0.15, 0.2) is 27.8 Å². The normalized spacial score (nSPS) is 23.0. The third kappa shape index (κ3) is 5.24. The van der Waals surface area contributed by atoms with E-state index < -0.39 is 5.91 Å². The van der Waals surface area contributed by atoms with Gasteiger partial charge in [0.15, 0.2) is 23.3 Å². The van der Waals surface area contributed by atoms with E-state index in [0.29, 0.717) is 55.7 Å². The number of nitrogens with one attached hydrogen (secondary N) is 2. The Kier molecular flexibility index (Phi) is 6.98. The quantitative estimate of drug-likeness (QED) is 0.343. The van der Waals surface area contributed by atoms with Crippen molar-refractivity contribution in [3.05, 3.63) is 33.6 Å². The molecule has 2 amide bonds. The molecule has 0 aliphatic carbocycles. The van der Waals surface area contributed by atoms with Gasteiger partial charge in [0.05, 0.1) is 37.6 Å². The standard InChI is InChI=1S/C22H28IN9O4/c23-16-18(25)28-17(24)15(27-16)19(33)29-21-26-11-22(30-21)3-5-32(6-4-22)20(34)13-8-31(12-35-10-13)9-14-2-1-7-36-14/h1-2,7,13H,3-6,8-12H2,(H4,24,25,28)(H2,26,29,30,33). The van der Waals surface area contributed by atoms with Gasteiger partial charge < -0.3 is 36.2 Å². The average molecular weight is 609 g/mol. The maximum atomic E-state index is 13.2. The molecule has 5 rings (SSSR count). The maximum Gasteiger partial charge on any atom is 0.302 e. The number of carbonyl (C=O) groups is 2. The summed E-state index contributed by atoms with van der Waals surface area (Å²) < 4.78 is 11.5. The van der Waals surface area contributed by atoms with E-state index in [0.717, 1.165) is 18.6 Å². The monoisotopic (exact) mass is 609 g/mol. The minimum Gasteiger partial charge on any atom is -0.468 e. The first-order valence-corrected chi connectivity index (χ1v) is 12.7. The third-order valence-corrected chi connectivity index (χ3v) is 7.50. The molecule has 0 radical (unpaired) electrons. The van der Waals surface area contributed by atoms with Crippen molar-refractivity contribution >= 4 is 52.0 Å². The number of nitrogen functional groups attached to an aromatic ring is 2. The Bertz CT molecular complexity index is 1160. The number of rotatable bonds is 4. The number of furan rings is 1. The highest BCUT2D eigenvalue weighted by Crippen LogP contribution is 2.26. The molecule has 6 N–H and O–H groups in total. The summed E-state index contributed by atoms with van der Waals surface area (Å²) in [5.41, 5.74) is 11.2. The number of nitrogens with two attached hydrogens (primary N) is 2. The number of hydrogen-bond donors (Lipinski definition) is 4. The van der Waals surface area contributed by atoms with Gasteiger partial charge in [0, 0.05) is 26.2 Å². The number of anilines is 2. The molecule has 3 fully saturated rings. The van der Waals surface area contributed by atoms with E-state index in [-0.39, 0.29) is 34.7 Å². The summed E-state index contributed by atoms with van der Waals surface area (Å²) in [7, 11) is 0. The summed E-state index contributed by atoms with van der Waals surface area (Å²) in [6.45, 7) is 3.97. The second kappa shape index (κ2) is 10.2. The molecular weight excluding hydrogens is 581 g/mol. The fraction of sp³-hybridized carbons (Fsp3) is 0.500. The molecule has 3 aliphatic heterocycles. The summed E-state index contributed by atoms with van der Waals surface area (Å²) in [6, 6.07) is 3.77. The molecular formula is C22H28IN9O4. The molecule has 3 saturated heterocycles. The molecule has 192 valence electrons. The van der Waals surface area contributed by atoms with Crippen LogP contribution in [-0.4, -0.2) is 82.6 Å². The molecule has 0 aromatic carbocycles. The van der Waals surface area contributed by atoms with Crippen LogP contribution in [0.25, 0.3) is 0 Å². The van der Waals surface area contributed by atoms with Gasteiger partial charge in [-0.25, -0.2) is 9.97 Å². The van der Waals surface area contributed by atoms with Gasteiger partial charge in [0.1, 0.15) is 9.46 Å². The first-order chi connectivity index (χ1) is 17.3. The second-order valence-electron chi connectivity index (χ2n) is 9.27. The number of ether oxygens (including phenoxy) is 1. The lowest BCUT2D eigenvalue weighted by molar-refractivity contribution is -0.146. The van der Waals surface area contributed by atoms with E-state index >= 15 is 0 Å². The number of aliphatic imine (C=N–C) groups is 1. The zero-order valence-electron chi connectivity index (χ0n) is 19.6. The predicted octanol–water partition coefficient (Wildman–Crippen LogP) is -0.00510. The molecule has 2 aromatic heterocycles. The zero-order valence-corrected chi connectivity index (χ0v) is 21.7. The number of piperidine rings is 1. The highest BCUT2D eigenvalue weighted by atomic mass is 127. The number of carbonyl (C=O) groups excluding carboxylic acids is 2. The van der Waals surface area contributed by atoms with Gasteiger partial charge in [0.25, 0.3) is 0 Å². The van der Waals surface area contributed by atoms with Crippen molar-refractivity contribution < 1.29 is 18.7 Å². The molecule has 0 bridgehead atoms. The number of amides is 2. The number of hydrogen-bond acceptors (Lipinski definition) is 9. The number of aromatic nitrogens is 2. The van der Waals surface area contributed by atoms with E-state index in [1.807, 2.05) is 39.6 Å². The minimum atomic E-state index is -0.603. The lowest BCUT2D eigenvalue weighted by Crippen LogP contribution is -2.56. The topological polar surface area (TPSA) is 177 Å². The number of nitrogens with zero attached hydrogens (tertiary/aromatic N) is 5. The van der Waals surface area contributed by atoms with Gasteiger partial charge in [-0.05, 0) is 47.6 Å². The van der Waals surface area contributed by atoms with Crippen molar-refractivity contribution in [2.45, 2.75) is 24.9 Å². The molecule has 3 aliphatic rings. The van der Waals surface area contributed by atoms with Gasteiger partial charge in [-0.1, -0.05) is 0 Å². The van der Waals surface area contributed by atoms with Gasteiger partial charge >= 0.3 is 5.91 Å². The Morgan fingerprint density at radius 3 is 2.81 bits per heavy atom. The summed E-state index contributed by atoms with van der Waals surface area (Å²) in [5, 5.41) is 6.51. The average Bonchev–Trinajstić information content (AvgIpc) is 3.52. The summed E-state index contributed by atoms with van der Waals surface area (Å²) in [4.78, 5) is 42.0. The van der Waals surface area contributed by atoms with E-state index in [1.165, 1.54) is 0 Å². The Balaban J connectivity index is 1.15. The number of guanidine groups is 1. The van der Waals surface area contributed by atoms with Gasteiger partial charge in [-0.2, -0.15) is 4.99 Å². The van der Waals surface area contributed by atoms with Crippen LogP contribution in [-0.2, 0) is 16.1 Å². The summed E-state index contributed by atoms with van der Waals surface area (Å²) in [6.07, 6.45) is 3.10. The lowest BCUT2D eigenvalue weighted by Gasteiger charge is -2.41. The fourth-order valence-corrected chi connectivity index (χ4v) is 5.11. The molecule has 1 unspecified atom stereocenters. The highest BCUT2D eigenvalue weighted by Gasteiger charge is 2.42. The van der Waals surface area contributed by atoms with Crippen LogP contribution in [0.5, 0.6) is 0 Å². The Labute approximate surface area is 221 Å². The van der Waals surface area contributed by atoms with Crippen LogP contribution in [0.2, 0.25) is 0 Å². The van der Waals surface area contributed by atoms with Crippen molar-refractivity contribution in [2.24, 2.45) is 10.9 Å². The lowest BCUT2D eigenvalue weighted by atomic mass is 9.88. The van der Waals surface area contributed by atoms with Crippen LogP contribution in [0, 0.1) is 9.62 Å². The Morgan fingerprint density at radius 2 is 2.06 bits per heavy atom. The molecule has 14 heteroatoms. The van der Waals surface area contributed by atoms with Gasteiger partial charge in [-0.15, -0.1) is 0 Å². The van der Waals surface area contributed by atoms with Crippen LogP contribution < -0.4 is 22.1 Å². The van der Waals surface area contributed by atoms with Crippen LogP contribution >= 0.6 is 22.6 Å². The summed E-state index contributed by atoms with van der Waals surface area (Å²) in [5.74, 6) is 0.618. The van der Waals surface area contributed by atoms with Crippen molar-refractivity contribution in [2.75, 3.05) is 51.0 Å². The van der Waals surface area contributed by atoms with Crippen LogP contribution in [0.1, 0.15) is 29.1 Å². The van der Waals surface area contributed by atoms with Crippen molar-refractivity contribution in [1.82, 2.24) is 30.4 Å². The van der Waals surface area contributed by atoms with Crippen LogP contribution in [0.3, 0.4) is 0 Å². The molecule has 1 atom stereocenters. The molecule has 5 heterocycles. The van der Waals surface area contributed by atoms with Crippen molar-refractivity contribution in [3.63, 3.8) is 0 Å². The second-order valence-corrected chi connectivity index (χ2v) is 10.3. The van der Waals surface area contributed by atoms with Gasteiger partial charge in [0.2, 0.25) is 5.91 Å². The van der Waals surface area contributed by atoms with Crippen LogP contribution in [0.4, 0.5) is 11.6 Å². The molecule has 36 heavy (non-hydrogen) atoms. The van der Waals surface area contributed by atoms with Crippen molar-refractivity contribution in [3.8, 4) is 0 Å². The van der Waals surface area contributed by atoms with Crippen molar-refractivity contribution in [1.29, 1.82) is 0 Å². The minimum absolute atomic E-state index is 0.0399. The van der Waals surface area contributed by atoms with E-state index in [4.69, 9.17) is 20.6 Å². The Morgan fingerprint density at radius 1 is 1.25 bits per heavy atom. The molecule has 2 aromatic rings. The predicted molar refractivity (Wildman–Crippen MR) is 138 cm³/mol. The number of likely N-dealkylation sites (tertiary alicyclic amines) is 1. The SMILES string of the molecule is Nc1nc(N)c(C(=O)/N=C2\NCC3(CCN(C(=O)C4COCN(Cc5ccco5)C4)CC3)N2)nc1I. The summed E-state index contributed by atoms with van der Waals surface area (Å²) >= 11 is 1.89. The van der Waals surface area contributed by atoms with E-state index in [1.54, 1.807) is 6.26 Å². The smallest absolute Gasteiger partial charge is 0.302 e. The molecule has 1 spiro atoms. The third-order valence-electron chi connectivity index (χ3n) is 6.71. The van der Waals surface area contributed by atoms with E-state index in [9.17, 15) is 9.59 Å². The highest BCUT2D eigenvalue weighted by molar-refractivity contribution is 14.1. The largest absolute Gasteiger partial charge is 0.468 e. The van der Waals surface area contributed by atoms with E-state index in [2.05, 4.69) is 30.5 Å². The number of halogens is 1. The first-order valence-electron chi connectivity index (χ1n) is 11.7. The fourth-order valence-electron chi connectivity index (χ4n) is 4.75. The van der Waals surface area contributed by atoms with Gasteiger partial charge in [-0.3, -0.25) is 14.5 Å². The Hall–Kier alpha value is -2.98. The maximum absolute atomic E-state index is 13.2. The molecule has 13 nitrogen and oxygen atoms in total. The molecule has 0 saturated carbocycles. The zero-order chi connectivity index (χ0) is 25.3. The first kappa shape index (κ1) is 24.7.